The minimum Gasteiger partial charge on any atom is -1.00 e. The second-order valence-electron chi connectivity index (χ2n) is 7.32. The van der Waals surface area contributed by atoms with Crippen molar-refractivity contribution < 1.29 is 51.3 Å². The summed E-state index contributed by atoms with van der Waals surface area (Å²) in [6, 6.07) is 0. The third kappa shape index (κ3) is 4.54. The Labute approximate surface area is 170 Å². The molecule has 5 heteroatoms. The quantitative estimate of drug-likeness (QED) is 0.422. The summed E-state index contributed by atoms with van der Waals surface area (Å²) in [4.78, 5) is 0. The molecule has 0 aromatic carbocycles. The third-order valence-corrected chi connectivity index (χ3v) is 9.16. The SMILES string of the molecule is COC1([Si](C)(C)C2=[C-]CC=C2)CC=CC=C1C(C)(C)C.[Cl-].[Cl-].[Ti+3]. The minimum atomic E-state index is -1.82. The molecule has 2 aliphatic rings. The summed E-state index contributed by atoms with van der Waals surface area (Å²) in [6.07, 6.45) is 16.7. The molecule has 1 radical (unpaired) electrons. The van der Waals surface area contributed by atoms with E-state index in [4.69, 9.17) is 4.74 Å². The van der Waals surface area contributed by atoms with Gasteiger partial charge in [-0.05, 0) is 17.4 Å². The molecule has 1 nitrogen and oxygen atoms in total. The molecule has 0 saturated heterocycles. The Morgan fingerprint density at radius 1 is 1.17 bits per heavy atom. The van der Waals surface area contributed by atoms with Gasteiger partial charge in [0.1, 0.15) is 0 Å². The summed E-state index contributed by atoms with van der Waals surface area (Å²) in [5.74, 6) is 0. The summed E-state index contributed by atoms with van der Waals surface area (Å²) < 4.78 is 6.24. The van der Waals surface area contributed by atoms with Crippen LogP contribution in [0.5, 0.6) is 0 Å². The fourth-order valence-corrected chi connectivity index (χ4v) is 7.37. The van der Waals surface area contributed by atoms with Crippen LogP contribution in [0.1, 0.15) is 33.6 Å². The number of hydrogen-bond donors (Lipinski definition) is 0. The van der Waals surface area contributed by atoms with Crippen LogP contribution in [0.4, 0.5) is 0 Å². The fraction of sp³-hybridized carbons (Fsp3) is 0.556. The second-order valence-corrected chi connectivity index (χ2v) is 11.9. The molecule has 1 atom stereocenters. The van der Waals surface area contributed by atoms with Crippen LogP contribution >= 0.6 is 0 Å². The first-order valence-corrected chi connectivity index (χ1v) is 10.5. The molecule has 0 aromatic heterocycles. The zero-order valence-corrected chi connectivity index (χ0v) is 19.0. The summed E-state index contributed by atoms with van der Waals surface area (Å²) >= 11 is 0. The van der Waals surface area contributed by atoms with Gasteiger partial charge in [-0.3, -0.25) is 6.08 Å². The van der Waals surface area contributed by atoms with Gasteiger partial charge in [0.25, 0.3) is 0 Å². The molecular weight excluding hydrogens is 379 g/mol. The first-order chi connectivity index (χ1) is 9.25. The van der Waals surface area contributed by atoms with Crippen LogP contribution in [0.25, 0.3) is 0 Å². The van der Waals surface area contributed by atoms with Gasteiger partial charge in [-0.15, -0.1) is 6.42 Å². The van der Waals surface area contributed by atoms with Gasteiger partial charge < -0.3 is 29.6 Å². The molecule has 0 saturated carbocycles. The Balaban J connectivity index is 0. The van der Waals surface area contributed by atoms with Crippen LogP contribution in [0.15, 0.2) is 41.1 Å². The van der Waals surface area contributed by atoms with Crippen LogP contribution in [-0.4, -0.2) is 20.4 Å². The van der Waals surface area contributed by atoms with E-state index in [1.807, 2.05) is 7.11 Å². The first kappa shape index (κ1) is 25.7. The number of rotatable bonds is 3. The maximum Gasteiger partial charge on any atom is 3.00 e. The summed E-state index contributed by atoms with van der Waals surface area (Å²) in [6.45, 7) is 11.7. The Hall–Kier alpha value is 0.431. The van der Waals surface area contributed by atoms with E-state index < -0.39 is 8.07 Å². The normalized spacial score (nSPS) is 23.2. The molecule has 0 spiro atoms. The zero-order chi connectivity index (χ0) is 15.0. The Morgan fingerprint density at radius 3 is 2.22 bits per heavy atom. The van der Waals surface area contributed by atoms with Crippen molar-refractivity contribution in [1.29, 1.82) is 0 Å². The molecule has 0 fully saturated rings. The summed E-state index contributed by atoms with van der Waals surface area (Å²) in [5.41, 5.74) is 1.55. The summed E-state index contributed by atoms with van der Waals surface area (Å²) in [5, 5.41) is 1.25. The van der Waals surface area contributed by atoms with Gasteiger partial charge in [0.15, 0.2) is 0 Å². The molecule has 0 N–H and O–H groups in total. The van der Waals surface area contributed by atoms with Crippen molar-refractivity contribution in [2.24, 2.45) is 5.41 Å². The number of halogens is 2. The van der Waals surface area contributed by atoms with Crippen molar-refractivity contribution in [2.75, 3.05) is 7.11 Å². The molecule has 0 aromatic rings. The van der Waals surface area contributed by atoms with E-state index in [-0.39, 0.29) is 57.2 Å². The van der Waals surface area contributed by atoms with Gasteiger partial charge in [-0.2, -0.15) is 6.08 Å². The predicted molar refractivity (Wildman–Crippen MR) is 89.0 cm³/mol. The maximum absolute atomic E-state index is 6.24. The smallest absolute Gasteiger partial charge is 1.00 e. The van der Waals surface area contributed by atoms with E-state index in [1.54, 1.807) is 0 Å². The number of methoxy groups -OCH3 is 1. The van der Waals surface area contributed by atoms with Gasteiger partial charge in [0.2, 0.25) is 0 Å². The van der Waals surface area contributed by atoms with E-state index in [0.29, 0.717) is 0 Å². The van der Waals surface area contributed by atoms with Gasteiger partial charge in [-0.25, -0.2) is 11.3 Å². The van der Waals surface area contributed by atoms with Crippen LogP contribution < -0.4 is 24.8 Å². The Morgan fingerprint density at radius 2 is 1.78 bits per heavy atom. The Kier molecular flexibility index (Phi) is 10.3. The van der Waals surface area contributed by atoms with E-state index in [2.05, 4.69) is 70.3 Å². The number of ether oxygens (including phenoxy) is 1. The van der Waals surface area contributed by atoms with Crippen LogP contribution in [0.3, 0.4) is 0 Å². The molecule has 0 heterocycles. The molecule has 0 amide bonds. The molecule has 0 bridgehead atoms. The van der Waals surface area contributed by atoms with Gasteiger partial charge in [-0.1, -0.05) is 52.1 Å². The van der Waals surface area contributed by atoms with Crippen molar-refractivity contribution in [3.63, 3.8) is 0 Å². The minimum absolute atomic E-state index is 0. The topological polar surface area (TPSA) is 9.23 Å². The van der Waals surface area contributed by atoms with E-state index >= 15 is 0 Å². The van der Waals surface area contributed by atoms with E-state index in [1.165, 1.54) is 10.8 Å². The molecule has 2 aliphatic carbocycles. The predicted octanol–water partition coefficient (Wildman–Crippen LogP) is -1.21. The van der Waals surface area contributed by atoms with Gasteiger partial charge in [0.05, 0.1) is 13.3 Å². The zero-order valence-electron chi connectivity index (χ0n) is 15.0. The van der Waals surface area contributed by atoms with Gasteiger partial charge in [0, 0.05) is 7.11 Å². The maximum atomic E-state index is 6.24. The number of allylic oxidation sites excluding steroid dienone is 6. The largest absolute Gasteiger partial charge is 3.00 e. The third-order valence-electron chi connectivity index (χ3n) is 4.77. The Bertz CT molecular complexity index is 516. The molecule has 0 aliphatic heterocycles. The standard InChI is InChI=1S/C18H27OSi.2ClH.Ti/c1-17(2,3)16-13-9-10-14-18(16,19-4)20(5,6)15-11-7-8-12-15;;;/h7,9-11,13H,8,14H2,1-6H3;2*1H;/q-1;;;+3/p-2. The van der Waals surface area contributed by atoms with E-state index in [0.717, 1.165) is 12.8 Å². The van der Waals surface area contributed by atoms with Gasteiger partial charge >= 0.3 is 21.7 Å². The fourth-order valence-electron chi connectivity index (χ4n) is 3.59. The number of hydrogen-bond acceptors (Lipinski definition) is 1. The van der Waals surface area contributed by atoms with Crippen molar-refractivity contribution in [2.45, 2.75) is 51.9 Å². The second kappa shape index (κ2) is 9.22. The van der Waals surface area contributed by atoms with E-state index in [9.17, 15) is 0 Å². The van der Waals surface area contributed by atoms with Crippen molar-refractivity contribution >= 4 is 8.07 Å². The van der Waals surface area contributed by atoms with Crippen LogP contribution in [0, 0.1) is 11.5 Å². The molecule has 23 heavy (non-hydrogen) atoms. The molecule has 127 valence electrons. The monoisotopic (exact) mass is 405 g/mol. The molecular formula is C18H27Cl2OSiTi. The van der Waals surface area contributed by atoms with Crippen LogP contribution in [-0.2, 0) is 26.5 Å². The molecule has 2 rings (SSSR count). The average molecular weight is 406 g/mol. The van der Waals surface area contributed by atoms with Crippen molar-refractivity contribution in [1.82, 2.24) is 0 Å². The first-order valence-electron chi connectivity index (χ1n) is 7.46. The summed E-state index contributed by atoms with van der Waals surface area (Å²) in [7, 11) is 0.0661. The van der Waals surface area contributed by atoms with Crippen molar-refractivity contribution in [3.8, 4) is 0 Å². The molecule has 1 unspecified atom stereocenters. The van der Waals surface area contributed by atoms with Crippen LogP contribution in [0.2, 0.25) is 13.1 Å². The average Bonchev–Trinajstić information content (AvgIpc) is 2.91. The van der Waals surface area contributed by atoms with Crippen molar-refractivity contribution in [3.05, 3.63) is 47.2 Å².